The third kappa shape index (κ3) is 6.84. The van der Waals surface area contributed by atoms with Crippen molar-refractivity contribution in [2.75, 3.05) is 26.7 Å². The fourth-order valence-corrected chi connectivity index (χ4v) is 6.94. The zero-order valence-corrected chi connectivity index (χ0v) is 28.8. The van der Waals surface area contributed by atoms with E-state index in [9.17, 15) is 19.2 Å². The number of nitrogens with one attached hydrogen (secondary N) is 2. The molecular formula is C41H44N4O4. The van der Waals surface area contributed by atoms with E-state index in [1.54, 1.807) is 13.8 Å². The highest BCUT2D eigenvalue weighted by atomic mass is 16.1. The molecule has 0 radical (unpaired) electrons. The first-order valence-corrected chi connectivity index (χ1v) is 17.3. The number of fused-ring (bicyclic) bond motifs is 6. The predicted molar refractivity (Wildman–Crippen MR) is 198 cm³/mol. The van der Waals surface area contributed by atoms with E-state index in [-0.39, 0.29) is 36.0 Å². The minimum atomic E-state index is -0.0986. The molecule has 252 valence electrons. The van der Waals surface area contributed by atoms with Gasteiger partial charge in [0, 0.05) is 91.8 Å². The van der Waals surface area contributed by atoms with E-state index in [0.29, 0.717) is 22.3 Å². The fraction of sp³-hybridized carbons (Fsp3) is 0.317. The van der Waals surface area contributed by atoms with Crippen LogP contribution in [0.3, 0.4) is 0 Å². The van der Waals surface area contributed by atoms with Gasteiger partial charge in [0.05, 0.1) is 0 Å². The topological polar surface area (TPSA) is 102 Å². The van der Waals surface area contributed by atoms with Crippen LogP contribution >= 0.6 is 0 Å². The third-order valence-corrected chi connectivity index (χ3v) is 9.56. The smallest absolute Gasteiger partial charge is 0.163 e. The highest BCUT2D eigenvalue weighted by molar-refractivity contribution is 6.15. The van der Waals surface area contributed by atoms with Gasteiger partial charge in [-0.2, -0.15) is 0 Å². The monoisotopic (exact) mass is 656 g/mol. The van der Waals surface area contributed by atoms with E-state index in [0.717, 1.165) is 89.2 Å². The largest absolute Gasteiger partial charge is 0.340 e. The van der Waals surface area contributed by atoms with Crippen molar-refractivity contribution in [3.8, 4) is 0 Å². The molecule has 0 aliphatic heterocycles. The SMILES string of the molecule is CCNCCCn1c2ccc(C(C)=O)cc2c2cc(C(=O)CCC(=O)c3ccc4c(c3)c3cc(C(C)=O)ccc3n4CCCNC)ccc21. The second kappa shape index (κ2) is 14.7. The van der Waals surface area contributed by atoms with Crippen LogP contribution in [0.2, 0.25) is 0 Å². The molecule has 8 heteroatoms. The Morgan fingerprint density at radius 1 is 0.551 bits per heavy atom. The van der Waals surface area contributed by atoms with E-state index >= 15 is 0 Å². The van der Waals surface area contributed by atoms with Crippen molar-refractivity contribution in [2.45, 2.75) is 59.5 Å². The molecule has 49 heavy (non-hydrogen) atoms. The van der Waals surface area contributed by atoms with Gasteiger partial charge in [-0.1, -0.05) is 6.92 Å². The molecular weight excluding hydrogens is 612 g/mol. The van der Waals surface area contributed by atoms with Crippen molar-refractivity contribution in [1.29, 1.82) is 0 Å². The molecule has 0 atom stereocenters. The molecule has 0 spiro atoms. The average molecular weight is 657 g/mol. The molecule has 0 saturated heterocycles. The molecule has 2 aromatic heterocycles. The Balaban J connectivity index is 1.26. The lowest BCUT2D eigenvalue weighted by atomic mass is 9.98. The minimum Gasteiger partial charge on any atom is -0.340 e. The Labute approximate surface area is 286 Å². The number of Topliss-reactive ketones (excluding diaryl/α,β-unsaturated/α-hetero) is 4. The molecule has 0 amide bonds. The number of hydrogen-bond donors (Lipinski definition) is 2. The van der Waals surface area contributed by atoms with Gasteiger partial charge in [0.2, 0.25) is 0 Å². The van der Waals surface area contributed by atoms with Crippen LogP contribution < -0.4 is 10.6 Å². The quantitative estimate of drug-likeness (QED) is 0.0816. The predicted octanol–water partition coefficient (Wildman–Crippen LogP) is 7.76. The van der Waals surface area contributed by atoms with Gasteiger partial charge < -0.3 is 19.8 Å². The van der Waals surface area contributed by atoms with Gasteiger partial charge in [-0.3, -0.25) is 19.2 Å². The molecule has 0 fully saturated rings. The van der Waals surface area contributed by atoms with Crippen LogP contribution in [0, 0.1) is 0 Å². The summed E-state index contributed by atoms with van der Waals surface area (Å²) in [6.45, 7) is 9.52. The molecule has 0 bridgehead atoms. The number of carbonyl (C=O) groups is 4. The highest BCUT2D eigenvalue weighted by Gasteiger charge is 2.18. The van der Waals surface area contributed by atoms with E-state index < -0.39 is 0 Å². The van der Waals surface area contributed by atoms with Crippen LogP contribution in [0.15, 0.2) is 72.8 Å². The molecule has 6 rings (SSSR count). The Kier molecular flexibility index (Phi) is 10.2. The van der Waals surface area contributed by atoms with Crippen molar-refractivity contribution in [2.24, 2.45) is 0 Å². The lowest BCUT2D eigenvalue weighted by molar-refractivity contribution is 0.0917. The molecule has 8 nitrogen and oxygen atoms in total. The van der Waals surface area contributed by atoms with Gasteiger partial charge in [0.15, 0.2) is 23.1 Å². The number of aryl methyl sites for hydroxylation is 2. The molecule has 4 aromatic carbocycles. The zero-order valence-electron chi connectivity index (χ0n) is 28.8. The van der Waals surface area contributed by atoms with Crippen molar-refractivity contribution < 1.29 is 19.2 Å². The van der Waals surface area contributed by atoms with Crippen LogP contribution in [-0.4, -0.2) is 58.9 Å². The number of rotatable bonds is 16. The second-order valence-corrected chi connectivity index (χ2v) is 12.9. The normalized spacial score (nSPS) is 11.7. The van der Waals surface area contributed by atoms with Crippen molar-refractivity contribution in [1.82, 2.24) is 19.8 Å². The van der Waals surface area contributed by atoms with Crippen LogP contribution in [0.1, 0.15) is 87.9 Å². The molecule has 6 aromatic rings. The Morgan fingerprint density at radius 2 is 0.918 bits per heavy atom. The van der Waals surface area contributed by atoms with Crippen LogP contribution in [0.4, 0.5) is 0 Å². The maximum absolute atomic E-state index is 13.5. The number of ketones is 4. The summed E-state index contributed by atoms with van der Waals surface area (Å²) in [5.41, 5.74) is 6.47. The van der Waals surface area contributed by atoms with Crippen molar-refractivity contribution in [3.63, 3.8) is 0 Å². The van der Waals surface area contributed by atoms with Gasteiger partial charge in [-0.25, -0.2) is 0 Å². The number of carbonyl (C=O) groups excluding carboxylic acids is 4. The molecule has 2 N–H and O–H groups in total. The summed E-state index contributed by atoms with van der Waals surface area (Å²) >= 11 is 0. The maximum atomic E-state index is 13.5. The Morgan fingerprint density at radius 3 is 1.29 bits per heavy atom. The van der Waals surface area contributed by atoms with E-state index in [1.807, 2.05) is 79.8 Å². The minimum absolute atomic E-state index is 0.00322. The first-order chi connectivity index (χ1) is 23.7. The summed E-state index contributed by atoms with van der Waals surface area (Å²) in [6.07, 6.45) is 2.06. The summed E-state index contributed by atoms with van der Waals surface area (Å²) in [6, 6.07) is 23.0. The van der Waals surface area contributed by atoms with Gasteiger partial charge in [-0.15, -0.1) is 0 Å². The van der Waals surface area contributed by atoms with Gasteiger partial charge in [0.1, 0.15) is 0 Å². The zero-order chi connectivity index (χ0) is 34.7. The maximum Gasteiger partial charge on any atom is 0.163 e. The van der Waals surface area contributed by atoms with Crippen LogP contribution in [0.5, 0.6) is 0 Å². The summed E-state index contributed by atoms with van der Waals surface area (Å²) in [5.74, 6) is -0.204. The lowest BCUT2D eigenvalue weighted by Gasteiger charge is -2.09. The average Bonchev–Trinajstić information content (AvgIpc) is 3.59. The summed E-state index contributed by atoms with van der Waals surface area (Å²) < 4.78 is 4.51. The fourth-order valence-electron chi connectivity index (χ4n) is 6.94. The number of hydrogen-bond acceptors (Lipinski definition) is 6. The van der Waals surface area contributed by atoms with Crippen molar-refractivity contribution in [3.05, 3.63) is 95.1 Å². The summed E-state index contributed by atoms with van der Waals surface area (Å²) in [5, 5.41) is 10.3. The number of nitrogens with zero attached hydrogens (tertiary/aromatic N) is 2. The number of aromatic nitrogens is 2. The first-order valence-electron chi connectivity index (χ1n) is 17.3. The Bertz CT molecular complexity index is 2240. The van der Waals surface area contributed by atoms with E-state index in [1.165, 1.54) is 0 Å². The molecule has 0 unspecified atom stereocenters. The molecule has 0 aliphatic carbocycles. The van der Waals surface area contributed by atoms with E-state index in [2.05, 4.69) is 26.7 Å². The van der Waals surface area contributed by atoms with Crippen molar-refractivity contribution >= 4 is 66.7 Å². The standard InChI is InChI=1S/C41H44N4O4/c1-5-43-19-7-21-45-37-13-9-29(27(3)47)23-33(37)35-25-31(11-15-39(35)45)41(49)17-16-40(48)30-10-14-38-34(24-30)32-22-28(26(2)46)8-12-36(32)44(38)20-6-18-42-4/h8-15,22-25,42-43H,5-7,16-21H2,1-4H3. The second-order valence-electron chi connectivity index (χ2n) is 12.9. The molecule has 0 saturated carbocycles. The summed E-state index contributed by atoms with van der Waals surface area (Å²) in [7, 11) is 1.93. The van der Waals surface area contributed by atoms with Gasteiger partial charge >= 0.3 is 0 Å². The Hall–Kier alpha value is -4.92. The van der Waals surface area contributed by atoms with Crippen LogP contribution in [0.25, 0.3) is 43.6 Å². The molecule has 0 aliphatic rings. The molecule has 2 heterocycles. The number of benzene rings is 4. The van der Waals surface area contributed by atoms with Crippen LogP contribution in [-0.2, 0) is 13.1 Å². The van der Waals surface area contributed by atoms with Gasteiger partial charge in [0.25, 0.3) is 0 Å². The van der Waals surface area contributed by atoms with Gasteiger partial charge in [-0.05, 0) is 126 Å². The van der Waals surface area contributed by atoms with E-state index in [4.69, 9.17) is 0 Å². The third-order valence-electron chi connectivity index (χ3n) is 9.56. The first kappa shape index (κ1) is 34.0. The highest BCUT2D eigenvalue weighted by Crippen LogP contribution is 2.33. The summed E-state index contributed by atoms with van der Waals surface area (Å²) in [4.78, 5) is 51.5. The lowest BCUT2D eigenvalue weighted by Crippen LogP contribution is -2.15.